The fraction of sp³-hybridized carbons (Fsp3) is 0.462. The number of methoxy groups -OCH3 is 1. The summed E-state index contributed by atoms with van der Waals surface area (Å²) in [5, 5.41) is 14.0. The number of hydrazine groups is 1. The molecule has 1 aliphatic rings. The number of aliphatic hydroxyl groups is 1. The number of aryl methyl sites for hydroxylation is 2. The highest BCUT2D eigenvalue weighted by molar-refractivity contribution is 5.89. The Morgan fingerprint density at radius 2 is 1.77 bits per heavy atom. The van der Waals surface area contributed by atoms with Crippen molar-refractivity contribution in [3.63, 3.8) is 0 Å². The summed E-state index contributed by atoms with van der Waals surface area (Å²) in [6, 6.07) is 12.4. The second-order valence-electron chi connectivity index (χ2n) is 8.65. The Kier molecular flexibility index (Phi) is 9.28. The Balaban J connectivity index is 1.53. The number of carbonyl (C=O) groups is 2. The average Bonchev–Trinajstić information content (AvgIpc) is 2.84. The molecule has 1 amide bonds. The number of rotatable bonds is 10. The normalized spacial score (nSPS) is 15.8. The number of alkyl halides is 3. The van der Waals surface area contributed by atoms with Crippen LogP contribution in [0.5, 0.6) is 0 Å². The van der Waals surface area contributed by atoms with Gasteiger partial charge in [-0.05, 0) is 67.9 Å². The van der Waals surface area contributed by atoms with Crippen molar-refractivity contribution in [3.05, 3.63) is 70.8 Å². The molecule has 6 nitrogen and oxygen atoms in total. The fourth-order valence-electron chi connectivity index (χ4n) is 4.29. The van der Waals surface area contributed by atoms with E-state index in [1.54, 1.807) is 34.3 Å². The van der Waals surface area contributed by atoms with Crippen LogP contribution in [0.4, 0.5) is 13.2 Å². The Morgan fingerprint density at radius 3 is 2.49 bits per heavy atom. The third kappa shape index (κ3) is 7.53. The molecule has 35 heavy (non-hydrogen) atoms. The quantitative estimate of drug-likeness (QED) is 0.491. The number of nitrogens with zero attached hydrogens (tertiary/aromatic N) is 2. The summed E-state index contributed by atoms with van der Waals surface area (Å²) in [4.78, 5) is 24.3. The lowest BCUT2D eigenvalue weighted by atomic mass is 10.0. The molecule has 0 unspecified atom stereocenters. The summed E-state index contributed by atoms with van der Waals surface area (Å²) in [7, 11) is 1.33. The van der Waals surface area contributed by atoms with Gasteiger partial charge in [-0.3, -0.25) is 9.80 Å². The largest absolute Gasteiger partial charge is 0.465 e. The molecule has 0 saturated carbocycles. The Hall–Kier alpha value is -2.91. The smallest absolute Gasteiger partial charge is 0.416 e. The van der Waals surface area contributed by atoms with Gasteiger partial charge < -0.3 is 9.84 Å². The molecular formula is C26H31F3N2O4. The van der Waals surface area contributed by atoms with Gasteiger partial charge in [-0.15, -0.1) is 0 Å². The third-order valence-electron chi connectivity index (χ3n) is 6.09. The van der Waals surface area contributed by atoms with Crippen molar-refractivity contribution in [2.24, 2.45) is 0 Å². The van der Waals surface area contributed by atoms with E-state index in [0.717, 1.165) is 17.7 Å². The van der Waals surface area contributed by atoms with Crippen LogP contribution in [0.2, 0.25) is 0 Å². The first kappa shape index (κ1) is 26.7. The summed E-state index contributed by atoms with van der Waals surface area (Å²) in [6.45, 7) is 0.959. The SMILES string of the molecule is COC(=O)c1cccc(CCCN2C(=O)CCCN2[C@@H](O)CCCc2cccc(C(F)(F)F)c2)c1. The molecular weight excluding hydrogens is 461 g/mol. The van der Waals surface area contributed by atoms with Crippen molar-refractivity contribution in [1.29, 1.82) is 0 Å². The van der Waals surface area contributed by atoms with Crippen LogP contribution in [-0.4, -0.2) is 53.4 Å². The monoisotopic (exact) mass is 492 g/mol. The number of aliphatic hydroxyl groups excluding tert-OH is 1. The van der Waals surface area contributed by atoms with Crippen molar-refractivity contribution in [2.45, 2.75) is 57.3 Å². The topological polar surface area (TPSA) is 70.1 Å². The zero-order chi connectivity index (χ0) is 25.4. The van der Waals surface area contributed by atoms with Crippen molar-refractivity contribution in [3.8, 4) is 0 Å². The van der Waals surface area contributed by atoms with E-state index in [1.807, 2.05) is 6.07 Å². The van der Waals surface area contributed by atoms with E-state index in [1.165, 1.54) is 13.2 Å². The van der Waals surface area contributed by atoms with Crippen molar-refractivity contribution < 1.29 is 32.6 Å². The first-order chi connectivity index (χ1) is 16.7. The van der Waals surface area contributed by atoms with E-state index >= 15 is 0 Å². The third-order valence-corrected chi connectivity index (χ3v) is 6.09. The van der Waals surface area contributed by atoms with Gasteiger partial charge in [0.1, 0.15) is 6.23 Å². The molecule has 0 spiro atoms. The summed E-state index contributed by atoms with van der Waals surface area (Å²) in [5.74, 6) is -0.464. The molecule has 190 valence electrons. The lowest BCUT2D eigenvalue weighted by Crippen LogP contribution is -2.55. The molecule has 0 radical (unpaired) electrons. The van der Waals surface area contributed by atoms with Gasteiger partial charge in [-0.1, -0.05) is 30.3 Å². The van der Waals surface area contributed by atoms with Crippen LogP contribution in [0.25, 0.3) is 0 Å². The van der Waals surface area contributed by atoms with Crippen LogP contribution in [-0.2, 0) is 28.5 Å². The molecule has 9 heteroatoms. The van der Waals surface area contributed by atoms with E-state index in [-0.39, 0.29) is 5.91 Å². The first-order valence-corrected chi connectivity index (χ1v) is 11.8. The van der Waals surface area contributed by atoms with Gasteiger partial charge in [0.2, 0.25) is 5.91 Å². The molecule has 1 N–H and O–H groups in total. The first-order valence-electron chi connectivity index (χ1n) is 11.8. The predicted octanol–water partition coefficient (Wildman–Crippen LogP) is 4.61. The van der Waals surface area contributed by atoms with Gasteiger partial charge >= 0.3 is 12.1 Å². The summed E-state index contributed by atoms with van der Waals surface area (Å²) in [5.41, 5.74) is 1.30. The maximum absolute atomic E-state index is 12.9. The van der Waals surface area contributed by atoms with Gasteiger partial charge in [-0.25, -0.2) is 4.79 Å². The maximum Gasteiger partial charge on any atom is 0.416 e. The van der Waals surface area contributed by atoms with E-state index in [9.17, 15) is 27.9 Å². The summed E-state index contributed by atoms with van der Waals surface area (Å²) >= 11 is 0. The predicted molar refractivity (Wildman–Crippen MR) is 124 cm³/mol. The molecule has 3 rings (SSSR count). The number of ether oxygens (including phenoxy) is 1. The summed E-state index contributed by atoms with van der Waals surface area (Å²) in [6.07, 6.45) is -1.72. The minimum absolute atomic E-state index is 0.0588. The highest BCUT2D eigenvalue weighted by Gasteiger charge is 2.31. The number of carbonyl (C=O) groups excluding carboxylic acids is 2. The minimum atomic E-state index is -4.38. The number of hydrogen-bond donors (Lipinski definition) is 1. The molecule has 2 aromatic rings. The van der Waals surface area contributed by atoms with E-state index in [4.69, 9.17) is 4.74 Å². The van der Waals surface area contributed by atoms with Crippen LogP contribution in [0.15, 0.2) is 48.5 Å². The number of amides is 1. The maximum atomic E-state index is 12.9. The molecule has 2 aromatic carbocycles. The minimum Gasteiger partial charge on any atom is -0.465 e. The number of hydrogen-bond acceptors (Lipinski definition) is 5. The Labute approximate surface area is 203 Å². The highest BCUT2D eigenvalue weighted by atomic mass is 19.4. The molecule has 0 aromatic heterocycles. The average molecular weight is 493 g/mol. The molecule has 1 aliphatic heterocycles. The number of halogens is 3. The van der Waals surface area contributed by atoms with Crippen LogP contribution >= 0.6 is 0 Å². The molecule has 1 heterocycles. The van der Waals surface area contributed by atoms with Crippen LogP contribution in [0, 0.1) is 0 Å². The number of benzene rings is 2. The standard InChI is InChI=1S/C26H31F3N2O4/c1-35-25(34)21-11-2-7-19(17-21)10-5-15-30-24(33)14-6-16-31(30)23(32)13-4-9-20-8-3-12-22(18-20)26(27,28)29/h2-3,7-8,11-12,17-18,23,32H,4-6,9-10,13-16H2,1H3/t23-/m0/s1. The second kappa shape index (κ2) is 12.2. The van der Waals surface area contributed by atoms with Crippen LogP contribution < -0.4 is 0 Å². The van der Waals surface area contributed by atoms with Crippen LogP contribution in [0.1, 0.15) is 59.2 Å². The van der Waals surface area contributed by atoms with Crippen molar-refractivity contribution in [2.75, 3.05) is 20.2 Å². The highest BCUT2D eigenvalue weighted by Crippen LogP contribution is 2.30. The molecule has 1 fully saturated rings. The number of esters is 1. The van der Waals surface area contributed by atoms with Gasteiger partial charge in [0.25, 0.3) is 0 Å². The van der Waals surface area contributed by atoms with Crippen molar-refractivity contribution >= 4 is 11.9 Å². The van der Waals surface area contributed by atoms with Gasteiger partial charge in [0.05, 0.1) is 18.2 Å². The zero-order valence-electron chi connectivity index (χ0n) is 19.8. The van der Waals surface area contributed by atoms with Gasteiger partial charge in [0, 0.05) is 19.5 Å². The molecule has 0 bridgehead atoms. The zero-order valence-corrected chi connectivity index (χ0v) is 19.8. The van der Waals surface area contributed by atoms with Crippen LogP contribution in [0.3, 0.4) is 0 Å². The Morgan fingerprint density at radius 1 is 1.09 bits per heavy atom. The fourth-order valence-corrected chi connectivity index (χ4v) is 4.29. The van der Waals surface area contributed by atoms with E-state index in [0.29, 0.717) is 69.2 Å². The lowest BCUT2D eigenvalue weighted by molar-refractivity contribution is -0.183. The molecule has 1 saturated heterocycles. The summed E-state index contributed by atoms with van der Waals surface area (Å²) < 4.78 is 43.5. The molecule has 0 aliphatic carbocycles. The van der Waals surface area contributed by atoms with Crippen molar-refractivity contribution in [1.82, 2.24) is 10.0 Å². The Bertz CT molecular complexity index is 1010. The second-order valence-corrected chi connectivity index (χ2v) is 8.65. The lowest BCUT2D eigenvalue weighted by Gasteiger charge is -2.41. The van der Waals surface area contributed by atoms with E-state index in [2.05, 4.69) is 0 Å². The van der Waals surface area contributed by atoms with E-state index < -0.39 is 23.9 Å². The molecule has 1 atom stereocenters. The van der Waals surface area contributed by atoms with Gasteiger partial charge in [0.15, 0.2) is 0 Å². The van der Waals surface area contributed by atoms with Gasteiger partial charge in [-0.2, -0.15) is 18.2 Å².